The first-order chi connectivity index (χ1) is 17.5. The SMILES string of the molecule is CCOc1ccccc1N(CCCC(=O)N(Cc1ccc(Br)cc1)[C@@H](C)C(=O)N[C@@H](C)CC)S(C)(=O)=O. The van der Waals surface area contributed by atoms with E-state index in [9.17, 15) is 18.0 Å². The Bertz CT molecular complexity index is 1140. The van der Waals surface area contributed by atoms with Gasteiger partial charge in [-0.3, -0.25) is 13.9 Å². The molecule has 0 heterocycles. The van der Waals surface area contributed by atoms with E-state index in [-0.39, 0.29) is 43.8 Å². The van der Waals surface area contributed by atoms with Crippen LogP contribution in [0.1, 0.15) is 52.5 Å². The van der Waals surface area contributed by atoms with Crippen molar-refractivity contribution in [3.63, 3.8) is 0 Å². The minimum Gasteiger partial charge on any atom is -0.492 e. The maximum absolute atomic E-state index is 13.4. The Morgan fingerprint density at radius 2 is 1.70 bits per heavy atom. The molecule has 204 valence electrons. The van der Waals surface area contributed by atoms with Crippen LogP contribution in [0.25, 0.3) is 0 Å². The fourth-order valence-corrected chi connectivity index (χ4v) is 4.99. The van der Waals surface area contributed by atoms with Crippen molar-refractivity contribution in [1.29, 1.82) is 0 Å². The lowest BCUT2D eigenvalue weighted by Gasteiger charge is -2.30. The average Bonchev–Trinajstić information content (AvgIpc) is 2.85. The normalized spacial score (nSPS) is 12.9. The largest absolute Gasteiger partial charge is 0.492 e. The molecule has 10 heteroatoms. The van der Waals surface area contributed by atoms with Gasteiger partial charge in [-0.2, -0.15) is 0 Å². The van der Waals surface area contributed by atoms with E-state index in [1.165, 1.54) is 4.31 Å². The summed E-state index contributed by atoms with van der Waals surface area (Å²) in [5.41, 5.74) is 1.33. The van der Waals surface area contributed by atoms with Gasteiger partial charge in [0.1, 0.15) is 11.8 Å². The van der Waals surface area contributed by atoms with E-state index >= 15 is 0 Å². The molecule has 2 aromatic rings. The highest BCUT2D eigenvalue weighted by Gasteiger charge is 2.27. The molecule has 0 radical (unpaired) electrons. The molecule has 2 atom stereocenters. The van der Waals surface area contributed by atoms with Crippen LogP contribution in [0.5, 0.6) is 5.75 Å². The predicted molar refractivity (Wildman–Crippen MR) is 151 cm³/mol. The summed E-state index contributed by atoms with van der Waals surface area (Å²) in [6, 6.07) is 13.8. The minimum absolute atomic E-state index is 0.00619. The van der Waals surface area contributed by atoms with Gasteiger partial charge in [0.05, 0.1) is 18.6 Å². The number of carbonyl (C=O) groups is 2. The number of hydrogen-bond donors (Lipinski definition) is 1. The Kier molecular flexibility index (Phi) is 11.9. The van der Waals surface area contributed by atoms with Crippen LogP contribution in [0.15, 0.2) is 53.0 Å². The van der Waals surface area contributed by atoms with Crippen LogP contribution >= 0.6 is 15.9 Å². The van der Waals surface area contributed by atoms with Gasteiger partial charge in [-0.25, -0.2) is 8.42 Å². The summed E-state index contributed by atoms with van der Waals surface area (Å²) in [6.07, 6.45) is 2.28. The van der Waals surface area contributed by atoms with Gasteiger partial charge in [0.25, 0.3) is 0 Å². The maximum Gasteiger partial charge on any atom is 0.242 e. The first-order valence-electron chi connectivity index (χ1n) is 12.5. The Morgan fingerprint density at radius 3 is 2.30 bits per heavy atom. The van der Waals surface area contributed by atoms with E-state index in [1.807, 2.05) is 45.0 Å². The molecule has 2 rings (SSSR count). The third-order valence-electron chi connectivity index (χ3n) is 6.02. The number of anilines is 1. The van der Waals surface area contributed by atoms with Gasteiger partial charge < -0.3 is 15.0 Å². The van der Waals surface area contributed by atoms with E-state index in [4.69, 9.17) is 4.74 Å². The second-order valence-corrected chi connectivity index (χ2v) is 11.8. The molecular weight excluding hydrogens is 558 g/mol. The Balaban J connectivity index is 2.20. The van der Waals surface area contributed by atoms with Gasteiger partial charge >= 0.3 is 0 Å². The number of rotatable bonds is 14. The summed E-state index contributed by atoms with van der Waals surface area (Å²) in [5.74, 6) is 0.0263. The quantitative estimate of drug-likeness (QED) is 0.341. The fraction of sp³-hybridized carbons (Fsp3) is 0.481. The Labute approximate surface area is 229 Å². The molecule has 8 nitrogen and oxygen atoms in total. The van der Waals surface area contributed by atoms with Crippen molar-refractivity contribution >= 4 is 43.5 Å². The number of amides is 2. The van der Waals surface area contributed by atoms with Crippen LogP contribution in [0.2, 0.25) is 0 Å². The van der Waals surface area contributed by atoms with Gasteiger partial charge in [0.2, 0.25) is 21.8 Å². The van der Waals surface area contributed by atoms with Crippen LogP contribution in [-0.2, 0) is 26.2 Å². The summed E-state index contributed by atoms with van der Waals surface area (Å²) in [5, 5.41) is 2.95. The lowest BCUT2D eigenvalue weighted by Crippen LogP contribution is -2.49. The van der Waals surface area contributed by atoms with Crippen molar-refractivity contribution in [2.24, 2.45) is 0 Å². The lowest BCUT2D eigenvalue weighted by molar-refractivity contribution is -0.140. The van der Waals surface area contributed by atoms with E-state index < -0.39 is 16.1 Å². The fourth-order valence-electron chi connectivity index (χ4n) is 3.76. The first-order valence-corrected chi connectivity index (χ1v) is 15.2. The minimum atomic E-state index is -3.62. The van der Waals surface area contributed by atoms with Gasteiger partial charge in [0.15, 0.2) is 0 Å². The van der Waals surface area contributed by atoms with Gasteiger partial charge in [0, 0.05) is 30.0 Å². The zero-order valence-electron chi connectivity index (χ0n) is 22.2. The van der Waals surface area contributed by atoms with E-state index in [1.54, 1.807) is 36.1 Å². The molecule has 0 saturated carbocycles. The topological polar surface area (TPSA) is 96.0 Å². The van der Waals surface area contributed by atoms with E-state index in [2.05, 4.69) is 21.2 Å². The molecule has 2 amide bonds. The summed E-state index contributed by atoms with van der Waals surface area (Å²) in [7, 11) is -3.62. The van der Waals surface area contributed by atoms with Crippen molar-refractivity contribution in [3.8, 4) is 5.75 Å². The zero-order valence-corrected chi connectivity index (χ0v) is 24.6. The number of nitrogens with one attached hydrogen (secondary N) is 1. The number of para-hydroxylation sites is 2. The van der Waals surface area contributed by atoms with Gasteiger partial charge in [-0.05, 0) is 63.4 Å². The monoisotopic (exact) mass is 595 g/mol. The van der Waals surface area contributed by atoms with Crippen molar-refractivity contribution in [2.75, 3.05) is 23.7 Å². The molecule has 0 saturated heterocycles. The van der Waals surface area contributed by atoms with Crippen LogP contribution in [-0.4, -0.2) is 56.6 Å². The highest BCUT2D eigenvalue weighted by Crippen LogP contribution is 2.30. The smallest absolute Gasteiger partial charge is 0.242 e. The maximum atomic E-state index is 13.4. The second kappa shape index (κ2) is 14.4. The number of nitrogens with zero attached hydrogens (tertiary/aromatic N) is 2. The molecule has 0 fully saturated rings. The van der Waals surface area contributed by atoms with Crippen molar-refractivity contribution in [1.82, 2.24) is 10.2 Å². The van der Waals surface area contributed by atoms with Crippen LogP contribution in [0, 0.1) is 0 Å². The molecule has 0 aromatic heterocycles. The Morgan fingerprint density at radius 1 is 1.05 bits per heavy atom. The van der Waals surface area contributed by atoms with Crippen molar-refractivity contribution in [3.05, 3.63) is 58.6 Å². The molecule has 0 aliphatic heterocycles. The molecule has 0 unspecified atom stereocenters. The highest BCUT2D eigenvalue weighted by atomic mass is 79.9. The molecule has 0 aliphatic rings. The number of benzene rings is 2. The second-order valence-electron chi connectivity index (χ2n) is 8.98. The molecule has 37 heavy (non-hydrogen) atoms. The summed E-state index contributed by atoms with van der Waals surface area (Å²) in [4.78, 5) is 27.8. The van der Waals surface area contributed by atoms with Crippen LogP contribution in [0.4, 0.5) is 5.69 Å². The number of carbonyl (C=O) groups excluding carboxylic acids is 2. The first kappa shape index (κ1) is 30.6. The summed E-state index contributed by atoms with van der Waals surface area (Å²) >= 11 is 3.42. The van der Waals surface area contributed by atoms with Crippen molar-refractivity contribution < 1.29 is 22.7 Å². The number of ether oxygens (including phenoxy) is 1. The standard InChI is InChI=1S/C27H38BrN3O5S/c1-6-20(3)29-27(33)21(4)30(19-22-14-16-23(28)17-15-22)26(32)13-10-18-31(37(5,34)35)24-11-8-9-12-25(24)36-7-2/h8-9,11-12,14-17,20-21H,6-7,10,13,18-19H2,1-5H3,(H,29,33)/t20-,21-/m0/s1. The molecule has 0 aliphatic carbocycles. The van der Waals surface area contributed by atoms with E-state index in [0.29, 0.717) is 18.0 Å². The third kappa shape index (κ3) is 9.34. The summed E-state index contributed by atoms with van der Waals surface area (Å²) in [6.45, 7) is 8.23. The Hall–Kier alpha value is -2.59. The number of sulfonamides is 1. The molecule has 0 spiro atoms. The molecule has 2 aromatic carbocycles. The van der Waals surface area contributed by atoms with Crippen molar-refractivity contribution in [2.45, 2.75) is 65.6 Å². The van der Waals surface area contributed by atoms with Crippen LogP contribution < -0.4 is 14.4 Å². The predicted octanol–water partition coefficient (Wildman–Crippen LogP) is 4.73. The zero-order chi connectivity index (χ0) is 27.6. The molecule has 0 bridgehead atoms. The molecule has 1 N–H and O–H groups in total. The number of halogens is 1. The highest BCUT2D eigenvalue weighted by molar-refractivity contribution is 9.10. The van der Waals surface area contributed by atoms with Gasteiger partial charge in [-0.15, -0.1) is 0 Å². The summed E-state index contributed by atoms with van der Waals surface area (Å²) < 4.78 is 33.0. The molecular formula is C27H38BrN3O5S. The third-order valence-corrected chi connectivity index (χ3v) is 7.73. The van der Waals surface area contributed by atoms with E-state index in [0.717, 1.165) is 22.7 Å². The number of hydrogen-bond acceptors (Lipinski definition) is 5. The van der Waals surface area contributed by atoms with Crippen LogP contribution in [0.3, 0.4) is 0 Å². The van der Waals surface area contributed by atoms with Gasteiger partial charge in [-0.1, -0.05) is 47.1 Å². The lowest BCUT2D eigenvalue weighted by atomic mass is 10.1. The average molecular weight is 597 g/mol.